The molecule has 96 valence electrons. The topological polar surface area (TPSA) is 45.0 Å². The highest BCUT2D eigenvalue weighted by atomic mass is 19.1. The quantitative estimate of drug-likeness (QED) is 0.686. The van der Waals surface area contributed by atoms with Gasteiger partial charge in [0.15, 0.2) is 0 Å². The van der Waals surface area contributed by atoms with Gasteiger partial charge in [-0.2, -0.15) is 0 Å². The lowest BCUT2D eigenvalue weighted by molar-refractivity contribution is 0.632. The van der Waals surface area contributed by atoms with Gasteiger partial charge in [-0.1, -0.05) is 24.3 Å². The third-order valence-corrected chi connectivity index (χ3v) is 3.32. The van der Waals surface area contributed by atoms with Crippen LogP contribution in [0.15, 0.2) is 48.7 Å². The van der Waals surface area contributed by atoms with Crippen molar-refractivity contribution in [1.82, 2.24) is 4.98 Å². The van der Waals surface area contributed by atoms with Crippen LogP contribution in [0.5, 0.6) is 0 Å². The maximum absolute atomic E-state index is 13.5. The van der Waals surface area contributed by atoms with Crippen molar-refractivity contribution in [2.75, 3.05) is 17.7 Å². The molecular weight excluding hydrogens is 241 g/mol. The molecule has 0 amide bonds. The van der Waals surface area contributed by atoms with E-state index in [2.05, 4.69) is 4.98 Å². The summed E-state index contributed by atoms with van der Waals surface area (Å²) in [6.07, 6.45) is 1.90. The smallest absolute Gasteiger partial charge is 0.148 e. The van der Waals surface area contributed by atoms with Crippen molar-refractivity contribution in [2.24, 2.45) is 0 Å². The number of fused-ring (bicyclic) bond motifs is 1. The van der Waals surface area contributed by atoms with Crippen LogP contribution in [0, 0.1) is 5.82 Å². The molecule has 0 radical (unpaired) electrons. The van der Waals surface area contributed by atoms with E-state index in [-0.39, 0.29) is 5.69 Å². The zero-order valence-electron chi connectivity index (χ0n) is 10.5. The highest BCUT2D eigenvalue weighted by Crippen LogP contribution is 2.34. The minimum Gasteiger partial charge on any atom is -0.395 e. The number of benzene rings is 2. The third-order valence-electron chi connectivity index (χ3n) is 3.32. The number of nitrogens with one attached hydrogen (secondary N) is 1. The van der Waals surface area contributed by atoms with E-state index in [0.29, 0.717) is 5.69 Å². The number of hydrogen-bond donors (Lipinski definition) is 2. The highest BCUT2D eigenvalue weighted by molar-refractivity contribution is 5.95. The molecule has 3 aromatic rings. The molecular formula is C15H14FN3. The standard InChI is InChI=1S/C15H14FN3/c1-19(13-8-4-6-11(16)15(13)17)14-9-18-12-7-3-2-5-10(12)14/h2-9,18H,17H2,1H3. The molecule has 0 aliphatic carbocycles. The number of nitrogens with zero attached hydrogens (tertiary/aromatic N) is 1. The fraction of sp³-hybridized carbons (Fsp3) is 0.0667. The molecule has 0 aliphatic heterocycles. The monoisotopic (exact) mass is 255 g/mol. The molecule has 1 heterocycles. The molecule has 0 bridgehead atoms. The number of hydrogen-bond acceptors (Lipinski definition) is 2. The Kier molecular flexibility index (Phi) is 2.63. The van der Waals surface area contributed by atoms with Crippen LogP contribution in [-0.4, -0.2) is 12.0 Å². The van der Waals surface area contributed by atoms with Crippen LogP contribution in [0.25, 0.3) is 10.9 Å². The second-order valence-corrected chi connectivity index (χ2v) is 4.45. The van der Waals surface area contributed by atoms with Gasteiger partial charge in [-0.25, -0.2) is 4.39 Å². The third kappa shape index (κ3) is 1.81. The van der Waals surface area contributed by atoms with Crippen LogP contribution in [0.1, 0.15) is 0 Å². The Morgan fingerprint density at radius 2 is 1.84 bits per heavy atom. The number of halogens is 1. The maximum Gasteiger partial charge on any atom is 0.148 e. The Labute approximate surface area is 110 Å². The first kappa shape index (κ1) is 11.6. The SMILES string of the molecule is CN(c1cccc(F)c1N)c1c[nH]c2ccccc12. The molecule has 0 spiro atoms. The Morgan fingerprint density at radius 3 is 2.68 bits per heavy atom. The molecule has 0 saturated carbocycles. The summed E-state index contributed by atoms with van der Waals surface area (Å²) < 4.78 is 13.5. The molecule has 3 N–H and O–H groups in total. The first-order valence-corrected chi connectivity index (χ1v) is 6.02. The molecule has 3 nitrogen and oxygen atoms in total. The number of anilines is 3. The molecule has 19 heavy (non-hydrogen) atoms. The predicted octanol–water partition coefficient (Wildman–Crippen LogP) is 3.66. The van der Waals surface area contributed by atoms with E-state index in [9.17, 15) is 4.39 Å². The number of para-hydroxylation sites is 2. The van der Waals surface area contributed by atoms with E-state index in [1.807, 2.05) is 42.4 Å². The van der Waals surface area contributed by atoms with Gasteiger partial charge in [0, 0.05) is 24.1 Å². The van der Waals surface area contributed by atoms with Gasteiger partial charge in [-0.3, -0.25) is 0 Å². The van der Waals surface area contributed by atoms with Gasteiger partial charge in [-0.05, 0) is 18.2 Å². The van der Waals surface area contributed by atoms with E-state index in [0.717, 1.165) is 16.6 Å². The van der Waals surface area contributed by atoms with Crippen molar-refractivity contribution in [3.05, 3.63) is 54.5 Å². The lowest BCUT2D eigenvalue weighted by Crippen LogP contribution is -2.12. The van der Waals surface area contributed by atoms with Crippen molar-refractivity contribution in [2.45, 2.75) is 0 Å². The van der Waals surface area contributed by atoms with Crippen molar-refractivity contribution in [3.63, 3.8) is 0 Å². The number of nitrogens with two attached hydrogens (primary N) is 1. The largest absolute Gasteiger partial charge is 0.395 e. The van der Waals surface area contributed by atoms with E-state index in [4.69, 9.17) is 5.73 Å². The van der Waals surface area contributed by atoms with Gasteiger partial charge in [-0.15, -0.1) is 0 Å². The summed E-state index contributed by atoms with van der Waals surface area (Å²) in [5, 5.41) is 1.08. The van der Waals surface area contributed by atoms with Gasteiger partial charge >= 0.3 is 0 Å². The van der Waals surface area contributed by atoms with Crippen LogP contribution in [-0.2, 0) is 0 Å². The molecule has 0 saturated heterocycles. The van der Waals surface area contributed by atoms with Crippen molar-refractivity contribution in [1.29, 1.82) is 0 Å². The zero-order valence-corrected chi connectivity index (χ0v) is 10.5. The van der Waals surface area contributed by atoms with Gasteiger partial charge in [0.05, 0.1) is 17.1 Å². The summed E-state index contributed by atoms with van der Waals surface area (Å²) in [5.41, 5.74) is 8.63. The molecule has 1 aromatic heterocycles. The second kappa shape index (κ2) is 4.31. The minimum atomic E-state index is -0.399. The first-order chi connectivity index (χ1) is 9.18. The lowest BCUT2D eigenvalue weighted by atomic mass is 10.2. The maximum atomic E-state index is 13.5. The van der Waals surface area contributed by atoms with Gasteiger partial charge in [0.25, 0.3) is 0 Å². The van der Waals surface area contributed by atoms with Crippen LogP contribution in [0.2, 0.25) is 0 Å². The molecule has 3 rings (SSSR count). The summed E-state index contributed by atoms with van der Waals surface area (Å²) in [7, 11) is 1.88. The highest BCUT2D eigenvalue weighted by Gasteiger charge is 2.13. The van der Waals surface area contributed by atoms with Crippen LogP contribution < -0.4 is 10.6 Å². The average Bonchev–Trinajstić information content (AvgIpc) is 2.85. The van der Waals surface area contributed by atoms with Gasteiger partial charge < -0.3 is 15.6 Å². The summed E-state index contributed by atoms with van der Waals surface area (Å²) in [5.74, 6) is -0.399. The second-order valence-electron chi connectivity index (χ2n) is 4.45. The average molecular weight is 255 g/mol. The molecule has 4 heteroatoms. The van der Waals surface area contributed by atoms with Crippen molar-refractivity contribution >= 4 is 28.0 Å². The van der Waals surface area contributed by atoms with E-state index >= 15 is 0 Å². The minimum absolute atomic E-state index is 0.162. The first-order valence-electron chi connectivity index (χ1n) is 6.02. The van der Waals surface area contributed by atoms with Gasteiger partial charge in [0.1, 0.15) is 5.82 Å². The molecule has 0 fully saturated rings. The fourth-order valence-corrected chi connectivity index (χ4v) is 2.28. The Bertz CT molecular complexity index is 733. The van der Waals surface area contributed by atoms with Gasteiger partial charge in [0.2, 0.25) is 0 Å². The zero-order chi connectivity index (χ0) is 13.4. The molecule has 0 aliphatic rings. The van der Waals surface area contributed by atoms with E-state index in [1.165, 1.54) is 6.07 Å². The summed E-state index contributed by atoms with van der Waals surface area (Å²) >= 11 is 0. The Balaban J connectivity index is 2.13. The number of nitrogen functional groups attached to an aromatic ring is 1. The number of aromatic nitrogens is 1. The van der Waals surface area contributed by atoms with E-state index in [1.54, 1.807) is 12.1 Å². The number of rotatable bonds is 2. The Hall–Kier alpha value is -2.49. The molecule has 2 aromatic carbocycles. The summed E-state index contributed by atoms with van der Waals surface area (Å²) in [6.45, 7) is 0. The Morgan fingerprint density at radius 1 is 1.05 bits per heavy atom. The van der Waals surface area contributed by atoms with Crippen LogP contribution in [0.4, 0.5) is 21.5 Å². The molecule has 0 unspecified atom stereocenters. The van der Waals surface area contributed by atoms with Crippen LogP contribution >= 0.6 is 0 Å². The van der Waals surface area contributed by atoms with Crippen LogP contribution in [0.3, 0.4) is 0 Å². The number of aromatic amines is 1. The lowest BCUT2D eigenvalue weighted by Gasteiger charge is -2.20. The number of H-pyrrole nitrogens is 1. The normalized spacial score (nSPS) is 10.8. The van der Waals surface area contributed by atoms with E-state index < -0.39 is 5.82 Å². The predicted molar refractivity (Wildman–Crippen MR) is 77.2 cm³/mol. The fourth-order valence-electron chi connectivity index (χ4n) is 2.28. The summed E-state index contributed by atoms with van der Waals surface area (Å²) in [4.78, 5) is 5.08. The van der Waals surface area contributed by atoms with Crippen molar-refractivity contribution in [3.8, 4) is 0 Å². The van der Waals surface area contributed by atoms with Crippen molar-refractivity contribution < 1.29 is 4.39 Å². The summed E-state index contributed by atoms with van der Waals surface area (Å²) in [6, 6.07) is 12.8. The molecule has 0 atom stereocenters.